The summed E-state index contributed by atoms with van der Waals surface area (Å²) in [6, 6.07) is 6.43. The molecule has 2 aromatic heterocycles. The molecule has 2 aliphatic rings. The van der Waals surface area contributed by atoms with E-state index in [0.717, 1.165) is 36.2 Å². The van der Waals surface area contributed by atoms with Crippen molar-refractivity contribution in [2.45, 2.75) is 45.1 Å². The maximum atomic E-state index is 13.3. The number of aromatic nitrogens is 3. The molecule has 138 valence electrons. The third kappa shape index (κ3) is 2.59. The zero-order valence-corrected chi connectivity index (χ0v) is 15.3. The van der Waals surface area contributed by atoms with Gasteiger partial charge in [-0.3, -0.25) is 9.59 Å². The predicted octanol–water partition coefficient (Wildman–Crippen LogP) is 2.56. The second-order valence-electron chi connectivity index (χ2n) is 7.68. The van der Waals surface area contributed by atoms with Gasteiger partial charge in [-0.1, -0.05) is 11.6 Å². The number of carbonyl (C=O) groups is 1. The maximum Gasteiger partial charge on any atom is 0.254 e. The molecular formula is C21H22N4O2. The highest BCUT2D eigenvalue weighted by Crippen LogP contribution is 2.37. The number of aryl methyl sites for hydroxylation is 2. The largest absolute Gasteiger partial charge is 0.357 e. The molecule has 2 N–H and O–H groups in total. The molecule has 1 aliphatic carbocycles. The number of aromatic amines is 2. The van der Waals surface area contributed by atoms with E-state index in [4.69, 9.17) is 0 Å². The first-order valence-corrected chi connectivity index (χ1v) is 9.57. The van der Waals surface area contributed by atoms with Gasteiger partial charge in [0, 0.05) is 28.7 Å². The molecule has 0 fully saturated rings. The highest BCUT2D eigenvalue weighted by Gasteiger charge is 2.34. The van der Waals surface area contributed by atoms with Crippen molar-refractivity contribution in [3.63, 3.8) is 0 Å². The summed E-state index contributed by atoms with van der Waals surface area (Å²) < 4.78 is 0. The van der Waals surface area contributed by atoms with E-state index in [1.807, 2.05) is 4.90 Å². The van der Waals surface area contributed by atoms with Crippen LogP contribution in [0.3, 0.4) is 0 Å². The number of nitrogens with zero attached hydrogens (tertiary/aromatic N) is 2. The number of hydrogen-bond acceptors (Lipinski definition) is 3. The van der Waals surface area contributed by atoms with Gasteiger partial charge in [0.1, 0.15) is 0 Å². The second-order valence-corrected chi connectivity index (χ2v) is 7.68. The van der Waals surface area contributed by atoms with Gasteiger partial charge >= 0.3 is 0 Å². The minimum atomic E-state index is -0.134. The molecule has 5 rings (SSSR count). The van der Waals surface area contributed by atoms with Gasteiger partial charge in [-0.2, -0.15) is 0 Å². The lowest BCUT2D eigenvalue weighted by molar-refractivity contribution is -0.134. The normalized spacial score (nSPS) is 19.0. The Kier molecular flexibility index (Phi) is 3.67. The van der Waals surface area contributed by atoms with Crippen molar-refractivity contribution in [1.82, 2.24) is 19.9 Å². The van der Waals surface area contributed by atoms with Gasteiger partial charge in [-0.15, -0.1) is 0 Å². The summed E-state index contributed by atoms with van der Waals surface area (Å²) in [5.74, 6) is 0.0111. The van der Waals surface area contributed by atoms with Crippen LogP contribution in [0.1, 0.15) is 46.8 Å². The van der Waals surface area contributed by atoms with E-state index in [0.29, 0.717) is 25.1 Å². The van der Waals surface area contributed by atoms with E-state index in [1.165, 1.54) is 22.8 Å². The zero-order valence-electron chi connectivity index (χ0n) is 15.3. The highest BCUT2D eigenvalue weighted by molar-refractivity contribution is 5.91. The molecule has 1 aromatic carbocycles. The average Bonchev–Trinajstić information content (AvgIpc) is 3.05. The molecule has 0 spiro atoms. The Morgan fingerprint density at radius 2 is 2.15 bits per heavy atom. The van der Waals surface area contributed by atoms with E-state index in [1.54, 1.807) is 0 Å². The molecule has 0 saturated carbocycles. The minimum absolute atomic E-state index is 0.0851. The van der Waals surface area contributed by atoms with E-state index < -0.39 is 0 Å². The minimum Gasteiger partial charge on any atom is -0.357 e. The van der Waals surface area contributed by atoms with Crippen molar-refractivity contribution in [3.8, 4) is 0 Å². The number of benzene rings is 1. The van der Waals surface area contributed by atoms with Crippen LogP contribution in [0.4, 0.5) is 0 Å². The molecular weight excluding hydrogens is 340 g/mol. The SMILES string of the molecule is Cc1ccc2[nH]c3c(c2c1)CCCC3C(=O)N1CCc2c(nc[nH]c2=O)C1. The number of amides is 1. The Hall–Kier alpha value is -2.89. The van der Waals surface area contributed by atoms with Crippen LogP contribution in [-0.4, -0.2) is 32.3 Å². The summed E-state index contributed by atoms with van der Waals surface area (Å²) in [7, 11) is 0. The van der Waals surface area contributed by atoms with Gasteiger partial charge < -0.3 is 14.9 Å². The topological polar surface area (TPSA) is 81.8 Å². The van der Waals surface area contributed by atoms with Crippen LogP contribution in [0.15, 0.2) is 29.3 Å². The van der Waals surface area contributed by atoms with Gasteiger partial charge in [0.05, 0.1) is 24.5 Å². The van der Waals surface area contributed by atoms with Crippen LogP contribution in [0.25, 0.3) is 10.9 Å². The number of rotatable bonds is 1. The summed E-state index contributed by atoms with van der Waals surface area (Å²) >= 11 is 0. The van der Waals surface area contributed by atoms with E-state index in [9.17, 15) is 9.59 Å². The van der Waals surface area contributed by atoms with E-state index in [-0.39, 0.29) is 17.4 Å². The molecule has 1 atom stereocenters. The van der Waals surface area contributed by atoms with Crippen molar-refractivity contribution >= 4 is 16.8 Å². The van der Waals surface area contributed by atoms with Gasteiger partial charge in [0.15, 0.2) is 0 Å². The Bertz CT molecular complexity index is 1110. The maximum absolute atomic E-state index is 13.3. The van der Waals surface area contributed by atoms with Crippen molar-refractivity contribution in [3.05, 3.63) is 63.0 Å². The summed E-state index contributed by atoms with van der Waals surface area (Å²) in [6.45, 7) is 3.10. The summed E-state index contributed by atoms with van der Waals surface area (Å²) in [6.07, 6.45) is 4.89. The lowest BCUT2D eigenvalue weighted by Crippen LogP contribution is -2.42. The van der Waals surface area contributed by atoms with Crippen LogP contribution < -0.4 is 5.56 Å². The quantitative estimate of drug-likeness (QED) is 0.698. The fourth-order valence-corrected chi connectivity index (χ4v) is 4.60. The first kappa shape index (κ1) is 16.3. The molecule has 6 heteroatoms. The third-order valence-corrected chi connectivity index (χ3v) is 5.98. The van der Waals surface area contributed by atoms with E-state index >= 15 is 0 Å². The van der Waals surface area contributed by atoms with Crippen molar-refractivity contribution in [2.75, 3.05) is 6.54 Å². The summed E-state index contributed by atoms with van der Waals surface area (Å²) in [4.78, 5) is 37.6. The smallest absolute Gasteiger partial charge is 0.254 e. The van der Waals surface area contributed by atoms with Crippen LogP contribution in [-0.2, 0) is 24.2 Å². The fraction of sp³-hybridized carbons (Fsp3) is 0.381. The average molecular weight is 362 g/mol. The second kappa shape index (κ2) is 6.08. The molecule has 3 aromatic rings. The molecule has 1 aliphatic heterocycles. The van der Waals surface area contributed by atoms with Crippen molar-refractivity contribution in [1.29, 1.82) is 0 Å². The first-order chi connectivity index (χ1) is 13.1. The lowest BCUT2D eigenvalue weighted by atomic mass is 9.85. The number of hydrogen-bond donors (Lipinski definition) is 2. The number of carbonyl (C=O) groups excluding carboxylic acids is 1. The highest BCUT2D eigenvalue weighted by atomic mass is 16.2. The Morgan fingerprint density at radius 1 is 1.26 bits per heavy atom. The summed E-state index contributed by atoms with van der Waals surface area (Å²) in [5.41, 5.74) is 6.08. The predicted molar refractivity (Wildman–Crippen MR) is 103 cm³/mol. The molecule has 1 amide bonds. The third-order valence-electron chi connectivity index (χ3n) is 5.98. The Morgan fingerprint density at radius 3 is 3.04 bits per heavy atom. The zero-order chi connectivity index (χ0) is 18.5. The molecule has 0 saturated heterocycles. The van der Waals surface area contributed by atoms with Crippen LogP contribution >= 0.6 is 0 Å². The Labute approximate surface area is 156 Å². The van der Waals surface area contributed by atoms with Gasteiger partial charge in [0.25, 0.3) is 5.56 Å². The van der Waals surface area contributed by atoms with Crippen molar-refractivity contribution in [2.24, 2.45) is 0 Å². The van der Waals surface area contributed by atoms with Gasteiger partial charge in [-0.05, 0) is 50.3 Å². The summed E-state index contributed by atoms with van der Waals surface area (Å²) in [5, 5.41) is 1.25. The number of fused-ring (bicyclic) bond motifs is 4. The number of H-pyrrole nitrogens is 2. The molecule has 0 bridgehead atoms. The first-order valence-electron chi connectivity index (χ1n) is 9.57. The molecule has 27 heavy (non-hydrogen) atoms. The van der Waals surface area contributed by atoms with Gasteiger partial charge in [0.2, 0.25) is 5.91 Å². The molecule has 1 unspecified atom stereocenters. The fourth-order valence-electron chi connectivity index (χ4n) is 4.60. The molecule has 0 radical (unpaired) electrons. The monoisotopic (exact) mass is 362 g/mol. The van der Waals surface area contributed by atoms with Crippen LogP contribution in [0.5, 0.6) is 0 Å². The Balaban J connectivity index is 1.49. The van der Waals surface area contributed by atoms with Gasteiger partial charge in [-0.25, -0.2) is 4.98 Å². The number of nitrogens with one attached hydrogen (secondary N) is 2. The lowest BCUT2D eigenvalue weighted by Gasteiger charge is -2.32. The van der Waals surface area contributed by atoms with Crippen LogP contribution in [0, 0.1) is 6.92 Å². The van der Waals surface area contributed by atoms with Crippen molar-refractivity contribution < 1.29 is 4.79 Å². The molecule has 6 nitrogen and oxygen atoms in total. The molecule has 3 heterocycles. The van der Waals surface area contributed by atoms with E-state index in [2.05, 4.69) is 40.1 Å². The van der Waals surface area contributed by atoms with Crippen LogP contribution in [0.2, 0.25) is 0 Å². The standard InChI is InChI=1S/C21H22N4O2/c1-12-5-6-17-16(9-12)13-3-2-4-15(19(13)24-17)21(27)25-8-7-14-18(10-25)22-11-23-20(14)26/h5-6,9,11,15,24H,2-4,7-8,10H2,1H3,(H,22,23,26).